The number of amides is 2. The number of hydrogen-bond acceptors (Lipinski definition) is 15. The first-order valence-electron chi connectivity index (χ1n) is 12.8. The van der Waals surface area contributed by atoms with Gasteiger partial charge in [0, 0.05) is 21.0 Å². The Labute approximate surface area is 229 Å². The molecule has 2 amide bonds. The molecule has 0 aromatic rings. The van der Waals surface area contributed by atoms with E-state index in [2.05, 4.69) is 10.6 Å². The molecule has 17 heteroatoms. The monoisotopic (exact) mass is 584 g/mol. The first kappa shape index (κ1) is 32.9. The zero-order chi connectivity index (χ0) is 29.9. The third kappa shape index (κ3) is 7.06. The predicted molar refractivity (Wildman–Crippen MR) is 128 cm³/mol. The average molecular weight is 585 g/mol. The zero-order valence-corrected chi connectivity index (χ0v) is 22.5. The van der Waals surface area contributed by atoms with E-state index in [-0.39, 0.29) is 0 Å². The molecular formula is C23H40N2O15. The molecule has 9 N–H and O–H groups in total. The Morgan fingerprint density at radius 1 is 0.700 bits per heavy atom. The minimum atomic E-state index is -1.74. The number of nitrogens with one attached hydrogen (secondary N) is 2. The number of methoxy groups -OCH3 is 1. The second kappa shape index (κ2) is 14.1. The first-order chi connectivity index (χ1) is 18.8. The molecule has 3 heterocycles. The van der Waals surface area contributed by atoms with E-state index in [4.69, 9.17) is 28.4 Å². The van der Waals surface area contributed by atoms with Crippen LogP contribution in [0.1, 0.15) is 20.8 Å². The molecule has 17 nitrogen and oxygen atoms in total. The van der Waals surface area contributed by atoms with Crippen molar-refractivity contribution in [2.45, 2.75) is 113 Å². The average Bonchev–Trinajstić information content (AvgIpc) is 2.89. The molecule has 0 spiro atoms. The van der Waals surface area contributed by atoms with E-state index in [1.165, 1.54) is 14.0 Å². The highest BCUT2D eigenvalue weighted by Crippen LogP contribution is 2.33. The summed E-state index contributed by atoms with van der Waals surface area (Å²) in [6.45, 7) is 2.30. The summed E-state index contributed by atoms with van der Waals surface area (Å²) in [5, 5.41) is 77.1. The van der Waals surface area contributed by atoms with Crippen LogP contribution >= 0.6 is 0 Å². The third-order valence-electron chi connectivity index (χ3n) is 7.11. The molecule has 0 saturated carbocycles. The number of rotatable bonds is 9. The SMILES string of the molecule is COC1C(O)[C@@H](O)C(C)O[C@H]1OC1C(NC(C)=O)[C@@H](O)OC(CO)[C@H]1O[C@@H]1OC(CO)[C@H](O)C(O)C1NC(C)=O. The number of carbonyl (C=O) groups excluding carboxylic acids is 2. The predicted octanol–water partition coefficient (Wildman–Crippen LogP) is -5.60. The van der Waals surface area contributed by atoms with Crippen molar-refractivity contribution in [3.8, 4) is 0 Å². The van der Waals surface area contributed by atoms with Gasteiger partial charge in [-0.1, -0.05) is 0 Å². The van der Waals surface area contributed by atoms with Crippen LogP contribution in [0.15, 0.2) is 0 Å². The Hall–Kier alpha value is -1.58. The van der Waals surface area contributed by atoms with Gasteiger partial charge in [-0.2, -0.15) is 0 Å². The third-order valence-corrected chi connectivity index (χ3v) is 7.11. The van der Waals surface area contributed by atoms with Gasteiger partial charge < -0.3 is 74.8 Å². The molecule has 0 bridgehead atoms. The van der Waals surface area contributed by atoms with Crippen LogP contribution in [0.5, 0.6) is 0 Å². The van der Waals surface area contributed by atoms with E-state index in [9.17, 15) is 45.3 Å². The highest BCUT2D eigenvalue weighted by atomic mass is 16.7. The summed E-state index contributed by atoms with van der Waals surface area (Å²) in [6.07, 6.45) is -18.5. The van der Waals surface area contributed by atoms with Crippen molar-refractivity contribution in [3.63, 3.8) is 0 Å². The lowest BCUT2D eigenvalue weighted by Gasteiger charge is -2.50. The second-order valence-corrected chi connectivity index (χ2v) is 10.00. The summed E-state index contributed by atoms with van der Waals surface area (Å²) in [7, 11) is 1.24. The van der Waals surface area contributed by atoms with Crippen molar-refractivity contribution in [1.82, 2.24) is 10.6 Å². The minimum absolute atomic E-state index is 0.608. The highest BCUT2D eigenvalue weighted by molar-refractivity contribution is 5.73. The van der Waals surface area contributed by atoms with E-state index in [1.54, 1.807) is 0 Å². The second-order valence-electron chi connectivity index (χ2n) is 10.00. The zero-order valence-electron chi connectivity index (χ0n) is 22.5. The maximum atomic E-state index is 12.0. The minimum Gasteiger partial charge on any atom is -0.394 e. The van der Waals surface area contributed by atoms with Crippen LogP contribution in [0.2, 0.25) is 0 Å². The molecule has 3 fully saturated rings. The van der Waals surface area contributed by atoms with E-state index >= 15 is 0 Å². The van der Waals surface area contributed by atoms with E-state index in [1.807, 2.05) is 0 Å². The fourth-order valence-corrected chi connectivity index (χ4v) is 5.04. The van der Waals surface area contributed by atoms with Crippen molar-refractivity contribution in [2.75, 3.05) is 20.3 Å². The van der Waals surface area contributed by atoms with Crippen LogP contribution in [-0.4, -0.2) is 160 Å². The Balaban J connectivity index is 2.00. The van der Waals surface area contributed by atoms with Crippen LogP contribution < -0.4 is 10.6 Å². The summed E-state index contributed by atoms with van der Waals surface area (Å²) in [4.78, 5) is 23.9. The number of carbonyl (C=O) groups is 2. The Bertz CT molecular complexity index is 853. The maximum Gasteiger partial charge on any atom is 0.217 e. The molecule has 232 valence electrons. The van der Waals surface area contributed by atoms with Gasteiger partial charge in [-0.15, -0.1) is 0 Å². The maximum absolute atomic E-state index is 12.0. The van der Waals surface area contributed by atoms with Crippen molar-refractivity contribution in [3.05, 3.63) is 0 Å². The van der Waals surface area contributed by atoms with Gasteiger partial charge in [-0.3, -0.25) is 9.59 Å². The van der Waals surface area contributed by atoms with Crippen molar-refractivity contribution < 1.29 is 73.8 Å². The summed E-state index contributed by atoms with van der Waals surface area (Å²) in [6, 6.07) is -2.74. The van der Waals surface area contributed by atoms with Crippen LogP contribution in [0, 0.1) is 0 Å². The van der Waals surface area contributed by atoms with Gasteiger partial charge in [-0.25, -0.2) is 0 Å². The summed E-state index contributed by atoms with van der Waals surface area (Å²) in [5.41, 5.74) is 0. The van der Waals surface area contributed by atoms with Crippen LogP contribution in [0.4, 0.5) is 0 Å². The molecule has 9 unspecified atom stereocenters. The summed E-state index contributed by atoms with van der Waals surface area (Å²) in [5.74, 6) is -1.23. The lowest BCUT2D eigenvalue weighted by Crippen LogP contribution is -2.70. The lowest BCUT2D eigenvalue weighted by atomic mass is 9.94. The van der Waals surface area contributed by atoms with Crippen LogP contribution in [-0.2, 0) is 38.0 Å². The first-order valence-corrected chi connectivity index (χ1v) is 12.8. The smallest absolute Gasteiger partial charge is 0.217 e. The molecule has 3 aliphatic rings. The molecule has 40 heavy (non-hydrogen) atoms. The molecule has 3 saturated heterocycles. The highest BCUT2D eigenvalue weighted by Gasteiger charge is 2.54. The van der Waals surface area contributed by atoms with Gasteiger partial charge in [0.05, 0.1) is 19.3 Å². The lowest BCUT2D eigenvalue weighted by molar-refractivity contribution is -0.363. The summed E-state index contributed by atoms with van der Waals surface area (Å²) >= 11 is 0. The number of ether oxygens (including phenoxy) is 6. The standard InChI is InChI=1S/C23H40N2O15/c1-7-14(30)17(33)20(35-4)23(36-7)40-19-13(25-9(3)29)21(34)37-11(6-27)18(19)39-22-12(24-8(2)28)16(32)15(31)10(5-26)38-22/h7,10-23,26-27,30-34H,5-6H2,1-4H3,(H,24,28)(H,25,29)/t7?,10?,11?,12?,13?,14-,15-,16?,17?,18+,19?,20?,21-,22-,23-/m0/s1. The Kier molecular flexibility index (Phi) is 11.6. The van der Waals surface area contributed by atoms with Crippen LogP contribution in [0.25, 0.3) is 0 Å². The van der Waals surface area contributed by atoms with Gasteiger partial charge in [0.1, 0.15) is 67.0 Å². The van der Waals surface area contributed by atoms with E-state index in [0.717, 1.165) is 13.8 Å². The van der Waals surface area contributed by atoms with Crippen molar-refractivity contribution >= 4 is 11.8 Å². The molecule has 0 aliphatic carbocycles. The molecule has 15 atom stereocenters. The Morgan fingerprint density at radius 3 is 1.82 bits per heavy atom. The Morgan fingerprint density at radius 2 is 1.27 bits per heavy atom. The molecule has 3 aliphatic heterocycles. The quantitative estimate of drug-likeness (QED) is 0.122. The fourth-order valence-electron chi connectivity index (χ4n) is 5.04. The molecule has 3 rings (SSSR count). The number of hydrogen-bond donors (Lipinski definition) is 9. The molecule has 0 radical (unpaired) electrons. The topological polar surface area (TPSA) is 255 Å². The van der Waals surface area contributed by atoms with Crippen molar-refractivity contribution in [1.29, 1.82) is 0 Å². The number of aliphatic hydroxyl groups is 7. The van der Waals surface area contributed by atoms with Gasteiger partial charge in [0.25, 0.3) is 0 Å². The largest absolute Gasteiger partial charge is 0.394 e. The summed E-state index contributed by atoms with van der Waals surface area (Å²) < 4.78 is 34.2. The van der Waals surface area contributed by atoms with Gasteiger partial charge in [0.2, 0.25) is 11.8 Å². The molecular weight excluding hydrogens is 544 g/mol. The van der Waals surface area contributed by atoms with Crippen LogP contribution in [0.3, 0.4) is 0 Å². The van der Waals surface area contributed by atoms with Crippen molar-refractivity contribution in [2.24, 2.45) is 0 Å². The van der Waals surface area contributed by atoms with E-state index < -0.39 is 117 Å². The van der Waals surface area contributed by atoms with Gasteiger partial charge in [0.15, 0.2) is 18.9 Å². The van der Waals surface area contributed by atoms with Gasteiger partial charge in [-0.05, 0) is 6.92 Å². The molecule has 0 aromatic heterocycles. The normalized spacial score (nSPS) is 46.0. The van der Waals surface area contributed by atoms with E-state index in [0.29, 0.717) is 0 Å². The van der Waals surface area contributed by atoms with Gasteiger partial charge >= 0.3 is 0 Å². The number of aliphatic hydroxyl groups excluding tert-OH is 7. The molecule has 0 aromatic carbocycles. The fraction of sp³-hybridized carbons (Fsp3) is 0.913.